The van der Waals surface area contributed by atoms with E-state index in [-0.39, 0.29) is 10.8 Å². The number of nitrogens with one attached hydrogen (secondary N) is 1. The number of piperazine rings is 1. The number of benzene rings is 2. The third-order valence-electron chi connectivity index (χ3n) is 4.94. The van der Waals surface area contributed by atoms with Crippen LogP contribution in [0.2, 0.25) is 0 Å². The van der Waals surface area contributed by atoms with Gasteiger partial charge in [-0.15, -0.1) is 0 Å². The highest BCUT2D eigenvalue weighted by atomic mass is 32.2. The van der Waals surface area contributed by atoms with E-state index in [4.69, 9.17) is 0 Å². The lowest BCUT2D eigenvalue weighted by Gasteiger charge is -2.32. The summed E-state index contributed by atoms with van der Waals surface area (Å²) in [5, 5.41) is 1.91. The van der Waals surface area contributed by atoms with Gasteiger partial charge in [0, 0.05) is 38.8 Å². The van der Waals surface area contributed by atoms with Gasteiger partial charge in [0.2, 0.25) is 0 Å². The zero-order valence-corrected chi connectivity index (χ0v) is 17.2. The fourth-order valence-electron chi connectivity index (χ4n) is 2.96. The first kappa shape index (κ1) is 20.3. The molecule has 7 nitrogen and oxygen atoms in total. The van der Waals surface area contributed by atoms with Gasteiger partial charge in [-0.1, -0.05) is 17.7 Å². The number of anilines is 1. The van der Waals surface area contributed by atoms with Crippen LogP contribution in [0.15, 0.2) is 53.4 Å². The van der Waals surface area contributed by atoms with E-state index in [1.807, 2.05) is 11.9 Å². The standard InChI is InChI=1S/C20H26N4O3S/c1-16-4-10-19(11-5-16)28(26,27)23(3)18-8-6-17(7-9-18)20(25)21-24-14-12-22(2)13-15-24/h4-11H,12-15H2,1-3H3,(H,21,25). The van der Waals surface area contributed by atoms with Crippen molar-refractivity contribution in [2.45, 2.75) is 11.8 Å². The molecular formula is C20H26N4O3S. The van der Waals surface area contributed by atoms with Gasteiger partial charge in [0.05, 0.1) is 10.6 Å². The van der Waals surface area contributed by atoms with Crippen LogP contribution >= 0.6 is 0 Å². The lowest BCUT2D eigenvalue weighted by Crippen LogP contribution is -2.52. The van der Waals surface area contributed by atoms with Crippen LogP contribution < -0.4 is 9.73 Å². The predicted octanol–water partition coefficient (Wildman–Crippen LogP) is 1.71. The summed E-state index contributed by atoms with van der Waals surface area (Å²) in [6.45, 7) is 5.27. The number of hydrazine groups is 1. The minimum atomic E-state index is -3.65. The van der Waals surface area contributed by atoms with E-state index in [1.165, 1.54) is 11.4 Å². The number of hydrogen-bond donors (Lipinski definition) is 1. The minimum Gasteiger partial charge on any atom is -0.304 e. The molecule has 1 saturated heterocycles. The van der Waals surface area contributed by atoms with Crippen molar-refractivity contribution >= 4 is 21.6 Å². The molecule has 8 heteroatoms. The molecule has 150 valence electrons. The molecule has 2 aromatic rings. The molecule has 0 aliphatic carbocycles. The van der Waals surface area contributed by atoms with Gasteiger partial charge in [0.1, 0.15) is 0 Å². The molecule has 0 aromatic heterocycles. The maximum absolute atomic E-state index is 12.8. The average molecular weight is 403 g/mol. The molecule has 1 N–H and O–H groups in total. The Morgan fingerprint density at radius 1 is 0.964 bits per heavy atom. The Labute approximate surface area is 166 Å². The number of aryl methyl sites for hydroxylation is 1. The Morgan fingerprint density at radius 3 is 2.11 bits per heavy atom. The normalized spacial score (nSPS) is 16.0. The molecule has 0 unspecified atom stereocenters. The van der Waals surface area contributed by atoms with Crippen molar-refractivity contribution in [2.75, 3.05) is 44.6 Å². The molecule has 0 saturated carbocycles. The number of carbonyl (C=O) groups excluding carboxylic acids is 1. The van der Waals surface area contributed by atoms with Crippen LogP contribution in [0, 0.1) is 6.92 Å². The van der Waals surface area contributed by atoms with Crippen molar-refractivity contribution < 1.29 is 13.2 Å². The average Bonchev–Trinajstić information content (AvgIpc) is 2.69. The van der Waals surface area contributed by atoms with Gasteiger partial charge in [0.15, 0.2) is 0 Å². The third kappa shape index (κ3) is 4.52. The highest BCUT2D eigenvalue weighted by molar-refractivity contribution is 7.92. The zero-order chi connectivity index (χ0) is 20.3. The highest BCUT2D eigenvalue weighted by Gasteiger charge is 2.22. The molecule has 1 fully saturated rings. The molecule has 28 heavy (non-hydrogen) atoms. The first-order valence-electron chi connectivity index (χ1n) is 9.17. The Morgan fingerprint density at radius 2 is 1.54 bits per heavy atom. The number of carbonyl (C=O) groups is 1. The molecule has 1 heterocycles. The molecule has 0 atom stereocenters. The summed E-state index contributed by atoms with van der Waals surface area (Å²) >= 11 is 0. The number of nitrogens with zero attached hydrogens (tertiary/aromatic N) is 3. The molecule has 1 aliphatic heterocycles. The summed E-state index contributed by atoms with van der Waals surface area (Å²) in [5.74, 6) is -0.194. The van der Waals surface area contributed by atoms with Gasteiger partial charge in [0.25, 0.3) is 15.9 Å². The van der Waals surface area contributed by atoms with Crippen molar-refractivity contribution in [1.29, 1.82) is 0 Å². The second-order valence-corrected chi connectivity index (χ2v) is 9.03. The molecule has 2 aromatic carbocycles. The SMILES string of the molecule is Cc1ccc(S(=O)(=O)N(C)c2ccc(C(=O)NN3CCN(C)CC3)cc2)cc1. The molecule has 1 amide bonds. The maximum atomic E-state index is 12.8. The second kappa shape index (κ2) is 8.30. The van der Waals surface area contributed by atoms with Gasteiger partial charge in [-0.3, -0.25) is 14.5 Å². The maximum Gasteiger partial charge on any atom is 0.265 e. The monoisotopic (exact) mass is 402 g/mol. The Hall–Kier alpha value is -2.42. The lowest BCUT2D eigenvalue weighted by atomic mass is 10.2. The van der Waals surface area contributed by atoms with Crippen LogP contribution in [0.5, 0.6) is 0 Å². The van der Waals surface area contributed by atoms with E-state index in [0.717, 1.165) is 31.7 Å². The van der Waals surface area contributed by atoms with Gasteiger partial charge in [-0.05, 0) is 50.4 Å². The Bertz CT molecular complexity index is 919. The fraction of sp³-hybridized carbons (Fsp3) is 0.350. The van der Waals surface area contributed by atoms with E-state index in [0.29, 0.717) is 11.3 Å². The highest BCUT2D eigenvalue weighted by Crippen LogP contribution is 2.22. The summed E-state index contributed by atoms with van der Waals surface area (Å²) in [5.41, 5.74) is 4.89. The number of likely N-dealkylation sites (N-methyl/N-ethyl adjacent to an activating group) is 1. The van der Waals surface area contributed by atoms with Gasteiger partial charge in [-0.25, -0.2) is 13.4 Å². The van der Waals surface area contributed by atoms with E-state index >= 15 is 0 Å². The van der Waals surface area contributed by atoms with Crippen molar-refractivity contribution in [3.05, 3.63) is 59.7 Å². The summed E-state index contributed by atoms with van der Waals surface area (Å²) in [6.07, 6.45) is 0. The lowest BCUT2D eigenvalue weighted by molar-refractivity contribution is 0.0662. The number of rotatable bonds is 5. The van der Waals surface area contributed by atoms with E-state index < -0.39 is 10.0 Å². The van der Waals surface area contributed by atoms with Gasteiger partial charge >= 0.3 is 0 Å². The number of sulfonamides is 1. The van der Waals surface area contributed by atoms with Crippen molar-refractivity contribution in [2.24, 2.45) is 0 Å². The predicted molar refractivity (Wildman–Crippen MR) is 110 cm³/mol. The van der Waals surface area contributed by atoms with Crippen LogP contribution in [0.25, 0.3) is 0 Å². The largest absolute Gasteiger partial charge is 0.304 e. The van der Waals surface area contributed by atoms with Crippen molar-refractivity contribution in [3.8, 4) is 0 Å². The molecule has 0 radical (unpaired) electrons. The third-order valence-corrected chi connectivity index (χ3v) is 6.74. The van der Waals surface area contributed by atoms with E-state index in [2.05, 4.69) is 17.4 Å². The molecule has 1 aliphatic rings. The van der Waals surface area contributed by atoms with E-state index in [9.17, 15) is 13.2 Å². The number of hydrogen-bond acceptors (Lipinski definition) is 5. The van der Waals surface area contributed by atoms with Crippen LogP contribution in [0.1, 0.15) is 15.9 Å². The Kier molecular flexibility index (Phi) is 6.02. The molecule has 0 bridgehead atoms. The minimum absolute atomic E-state index is 0.194. The smallest absolute Gasteiger partial charge is 0.265 e. The van der Waals surface area contributed by atoms with Crippen LogP contribution in [-0.4, -0.2) is 64.5 Å². The second-order valence-electron chi connectivity index (χ2n) is 7.06. The van der Waals surface area contributed by atoms with Gasteiger partial charge in [-0.2, -0.15) is 0 Å². The summed E-state index contributed by atoms with van der Waals surface area (Å²) in [4.78, 5) is 14.9. The topological polar surface area (TPSA) is 73.0 Å². The fourth-order valence-corrected chi connectivity index (χ4v) is 4.15. The first-order chi connectivity index (χ1) is 13.3. The summed E-state index contributed by atoms with van der Waals surface area (Å²) in [7, 11) is -0.0869. The van der Waals surface area contributed by atoms with Crippen LogP contribution in [-0.2, 0) is 10.0 Å². The molecule has 3 rings (SSSR count). The van der Waals surface area contributed by atoms with Crippen molar-refractivity contribution in [3.63, 3.8) is 0 Å². The van der Waals surface area contributed by atoms with E-state index in [1.54, 1.807) is 48.5 Å². The van der Waals surface area contributed by atoms with Crippen LogP contribution in [0.3, 0.4) is 0 Å². The molecule has 0 spiro atoms. The van der Waals surface area contributed by atoms with Crippen molar-refractivity contribution in [1.82, 2.24) is 15.3 Å². The molecular weight excluding hydrogens is 376 g/mol. The first-order valence-corrected chi connectivity index (χ1v) is 10.6. The summed E-state index contributed by atoms with van der Waals surface area (Å²) < 4.78 is 26.8. The van der Waals surface area contributed by atoms with Crippen LogP contribution in [0.4, 0.5) is 5.69 Å². The quantitative estimate of drug-likeness (QED) is 0.824. The zero-order valence-electron chi connectivity index (χ0n) is 16.4. The Balaban J connectivity index is 1.69. The number of amides is 1. The summed E-state index contributed by atoms with van der Waals surface area (Å²) in [6, 6.07) is 13.3. The van der Waals surface area contributed by atoms with Gasteiger partial charge < -0.3 is 4.90 Å².